The largest absolute Gasteiger partial charge is 0.573 e. The molecule has 3 aromatic rings. The molecule has 0 spiro atoms. The number of ether oxygens (including phenoxy) is 3. The summed E-state index contributed by atoms with van der Waals surface area (Å²) >= 11 is 0. The molecule has 3 aromatic carbocycles. The average Bonchev–Trinajstić information content (AvgIpc) is 2.83. The SMILES string of the molecule is O[C@H](CNC(c1cccc(Oc2cccc(OC(F)(F)F)c2)c1)c1cccc(OC(F)(F)C(F)F)c1)C(F)(F)F. The second-order valence-electron chi connectivity index (χ2n) is 8.13. The van der Waals surface area contributed by atoms with Crippen LogP contribution in [0.5, 0.6) is 23.0 Å². The zero-order valence-corrected chi connectivity index (χ0v) is 19.8. The van der Waals surface area contributed by atoms with Gasteiger partial charge in [-0.25, -0.2) is 0 Å². The van der Waals surface area contributed by atoms with Crippen molar-refractivity contribution in [1.29, 1.82) is 0 Å². The first-order chi connectivity index (χ1) is 18.5. The third-order valence-corrected chi connectivity index (χ3v) is 5.06. The predicted molar refractivity (Wildman–Crippen MR) is 120 cm³/mol. The van der Waals surface area contributed by atoms with Crippen molar-refractivity contribution in [3.8, 4) is 23.0 Å². The molecule has 5 nitrogen and oxygen atoms in total. The molecule has 1 unspecified atom stereocenters. The average molecular weight is 587 g/mol. The van der Waals surface area contributed by atoms with Crippen molar-refractivity contribution >= 4 is 0 Å². The number of benzene rings is 3. The maximum absolute atomic E-state index is 13.4. The number of nitrogens with one attached hydrogen (secondary N) is 1. The Morgan fingerprint density at radius 3 is 1.68 bits per heavy atom. The summed E-state index contributed by atoms with van der Waals surface area (Å²) in [6.45, 7) is -1.06. The molecular formula is C25H19F10NO4. The quantitative estimate of drug-likeness (QED) is 0.232. The Bertz CT molecular complexity index is 1270. The van der Waals surface area contributed by atoms with Gasteiger partial charge in [0.2, 0.25) is 0 Å². The van der Waals surface area contributed by atoms with E-state index in [2.05, 4.69) is 14.8 Å². The van der Waals surface area contributed by atoms with E-state index in [-0.39, 0.29) is 22.6 Å². The van der Waals surface area contributed by atoms with Crippen LogP contribution in [-0.2, 0) is 0 Å². The summed E-state index contributed by atoms with van der Waals surface area (Å²) < 4.78 is 142. The van der Waals surface area contributed by atoms with E-state index >= 15 is 0 Å². The Morgan fingerprint density at radius 2 is 1.15 bits per heavy atom. The number of alkyl halides is 10. The smallest absolute Gasteiger partial charge is 0.457 e. The minimum Gasteiger partial charge on any atom is -0.457 e. The molecule has 3 rings (SSSR count). The molecule has 0 aliphatic heterocycles. The van der Waals surface area contributed by atoms with Gasteiger partial charge < -0.3 is 24.6 Å². The fourth-order valence-corrected chi connectivity index (χ4v) is 3.36. The van der Waals surface area contributed by atoms with E-state index in [1.54, 1.807) is 0 Å². The Kier molecular flexibility index (Phi) is 9.40. The van der Waals surface area contributed by atoms with Gasteiger partial charge in [-0.1, -0.05) is 30.3 Å². The molecule has 0 saturated carbocycles. The highest BCUT2D eigenvalue weighted by molar-refractivity contribution is 5.42. The predicted octanol–water partition coefficient (Wildman–Crippen LogP) is 7.22. The molecule has 0 saturated heterocycles. The Hall–Kier alpha value is -3.72. The fourth-order valence-electron chi connectivity index (χ4n) is 3.36. The monoisotopic (exact) mass is 587 g/mol. The van der Waals surface area contributed by atoms with E-state index in [4.69, 9.17) is 4.74 Å². The number of rotatable bonds is 11. The minimum absolute atomic E-state index is 0.00136. The van der Waals surface area contributed by atoms with Gasteiger partial charge in [0.25, 0.3) is 0 Å². The van der Waals surface area contributed by atoms with Crippen LogP contribution < -0.4 is 19.5 Å². The molecule has 0 bridgehead atoms. The van der Waals surface area contributed by atoms with Crippen molar-refractivity contribution < 1.29 is 63.2 Å². The summed E-state index contributed by atoms with van der Waals surface area (Å²) in [6.07, 6.45) is -21.8. The fraction of sp³-hybridized carbons (Fsp3) is 0.280. The van der Waals surface area contributed by atoms with Crippen molar-refractivity contribution in [2.75, 3.05) is 6.54 Å². The van der Waals surface area contributed by atoms with Crippen molar-refractivity contribution in [3.63, 3.8) is 0 Å². The van der Waals surface area contributed by atoms with Gasteiger partial charge in [-0.2, -0.15) is 30.7 Å². The van der Waals surface area contributed by atoms with Crippen LogP contribution in [0.4, 0.5) is 43.9 Å². The van der Waals surface area contributed by atoms with Crippen LogP contribution in [0.2, 0.25) is 0 Å². The van der Waals surface area contributed by atoms with E-state index in [1.807, 2.05) is 0 Å². The van der Waals surface area contributed by atoms with E-state index in [9.17, 15) is 49.0 Å². The van der Waals surface area contributed by atoms with E-state index < -0.39 is 55.3 Å². The Balaban J connectivity index is 1.93. The third-order valence-electron chi connectivity index (χ3n) is 5.06. The van der Waals surface area contributed by atoms with Gasteiger partial charge in [0, 0.05) is 12.6 Å². The van der Waals surface area contributed by atoms with Crippen LogP contribution in [0.1, 0.15) is 17.2 Å². The molecule has 0 aliphatic carbocycles. The number of hydrogen-bond donors (Lipinski definition) is 2. The highest BCUT2D eigenvalue weighted by atomic mass is 19.4. The maximum Gasteiger partial charge on any atom is 0.573 e. The second kappa shape index (κ2) is 12.2. The van der Waals surface area contributed by atoms with Gasteiger partial charge in [0.1, 0.15) is 23.0 Å². The molecular weight excluding hydrogens is 568 g/mol. The van der Waals surface area contributed by atoms with Crippen LogP contribution in [-0.4, -0.2) is 42.8 Å². The van der Waals surface area contributed by atoms with E-state index in [0.717, 1.165) is 30.3 Å². The van der Waals surface area contributed by atoms with Crippen LogP contribution >= 0.6 is 0 Å². The van der Waals surface area contributed by atoms with Crippen molar-refractivity contribution in [2.45, 2.75) is 37.2 Å². The van der Waals surface area contributed by atoms with Gasteiger partial charge in [0.15, 0.2) is 6.10 Å². The lowest BCUT2D eigenvalue weighted by molar-refractivity contribution is -0.274. The number of aliphatic hydroxyl groups is 1. The van der Waals surface area contributed by atoms with Crippen LogP contribution in [0.15, 0.2) is 72.8 Å². The lowest BCUT2D eigenvalue weighted by atomic mass is 9.98. The molecule has 15 heteroatoms. The highest BCUT2D eigenvalue weighted by Gasteiger charge is 2.44. The lowest BCUT2D eigenvalue weighted by Gasteiger charge is -2.24. The summed E-state index contributed by atoms with van der Waals surface area (Å²) in [5, 5.41) is 11.9. The Morgan fingerprint density at radius 1 is 0.675 bits per heavy atom. The molecule has 0 heterocycles. The molecule has 218 valence electrons. The number of halogens is 10. The summed E-state index contributed by atoms with van der Waals surface area (Å²) in [5.41, 5.74) is 0.127. The standard InChI is InChI=1S/C25H19F10NO4/c26-22(27)24(31,32)39-18-8-2-5-15(11-18)21(36-13-20(37)23(28,29)30)14-4-1-6-16(10-14)38-17-7-3-9-19(12-17)40-25(33,34)35/h1-12,20-22,36-37H,13H2/t20-,21?/m1/s1. The molecule has 2 atom stereocenters. The van der Waals surface area contributed by atoms with Gasteiger partial charge in [0.05, 0.1) is 6.04 Å². The van der Waals surface area contributed by atoms with E-state index in [1.165, 1.54) is 42.5 Å². The normalized spacial score (nSPS) is 14.1. The first kappa shape index (κ1) is 30.8. The zero-order chi connectivity index (χ0) is 29.7. The molecule has 0 aromatic heterocycles. The first-order valence-electron chi connectivity index (χ1n) is 11.1. The summed E-state index contributed by atoms with van der Waals surface area (Å²) in [6, 6.07) is 12.8. The van der Waals surface area contributed by atoms with Crippen molar-refractivity contribution in [3.05, 3.63) is 83.9 Å². The van der Waals surface area contributed by atoms with Gasteiger partial charge in [-0.05, 0) is 47.5 Å². The molecule has 40 heavy (non-hydrogen) atoms. The van der Waals surface area contributed by atoms with Crippen molar-refractivity contribution in [2.24, 2.45) is 0 Å². The van der Waals surface area contributed by atoms with Crippen LogP contribution in [0, 0.1) is 0 Å². The Labute approximate surface area is 219 Å². The molecule has 0 amide bonds. The van der Waals surface area contributed by atoms with Gasteiger partial charge >= 0.3 is 25.1 Å². The summed E-state index contributed by atoms with van der Waals surface area (Å²) in [5.74, 6) is -1.40. The van der Waals surface area contributed by atoms with E-state index in [0.29, 0.717) is 0 Å². The topological polar surface area (TPSA) is 60.0 Å². The van der Waals surface area contributed by atoms with Gasteiger partial charge in [-0.3, -0.25) is 0 Å². The molecule has 2 N–H and O–H groups in total. The van der Waals surface area contributed by atoms with Crippen LogP contribution in [0.3, 0.4) is 0 Å². The number of aliphatic hydroxyl groups excluding tert-OH is 1. The first-order valence-corrected chi connectivity index (χ1v) is 11.1. The summed E-state index contributed by atoms with van der Waals surface area (Å²) in [4.78, 5) is 0. The van der Waals surface area contributed by atoms with Gasteiger partial charge in [-0.15, -0.1) is 13.2 Å². The highest BCUT2D eigenvalue weighted by Crippen LogP contribution is 2.34. The maximum atomic E-state index is 13.4. The number of hydrogen-bond acceptors (Lipinski definition) is 5. The molecule has 0 aliphatic rings. The molecule has 0 fully saturated rings. The summed E-state index contributed by atoms with van der Waals surface area (Å²) in [7, 11) is 0. The third kappa shape index (κ3) is 8.91. The minimum atomic E-state index is -5.00. The second-order valence-corrected chi connectivity index (χ2v) is 8.13. The van der Waals surface area contributed by atoms with Crippen molar-refractivity contribution in [1.82, 2.24) is 5.32 Å². The van der Waals surface area contributed by atoms with Crippen LogP contribution in [0.25, 0.3) is 0 Å². The lowest BCUT2D eigenvalue weighted by Crippen LogP contribution is -2.40. The molecule has 0 radical (unpaired) electrons. The zero-order valence-electron chi connectivity index (χ0n) is 19.8.